The van der Waals surface area contributed by atoms with Crippen LogP contribution >= 0.6 is 11.8 Å². The van der Waals surface area contributed by atoms with Gasteiger partial charge in [-0.15, -0.1) is 0 Å². The molecule has 3 rings (SSSR count). The summed E-state index contributed by atoms with van der Waals surface area (Å²) in [6.07, 6.45) is -0.732. The maximum atomic E-state index is 10.3. The van der Waals surface area contributed by atoms with Gasteiger partial charge in [0.1, 0.15) is 24.1 Å². The molecule has 1 saturated heterocycles. The molecular formula is C13H20N8O3S. The Bertz CT molecular complexity index is 756. The minimum atomic E-state index is -1.12. The number of aromatic nitrogens is 4. The van der Waals surface area contributed by atoms with Gasteiger partial charge in [0.15, 0.2) is 23.7 Å². The van der Waals surface area contributed by atoms with Crippen molar-refractivity contribution >= 4 is 34.7 Å². The Hall–Kier alpha value is -2.15. The molecule has 0 amide bonds. The molecule has 1 aliphatic heterocycles. The van der Waals surface area contributed by atoms with Crippen molar-refractivity contribution in [3.8, 4) is 0 Å². The van der Waals surface area contributed by atoms with Crippen molar-refractivity contribution in [1.29, 1.82) is 5.41 Å². The molecule has 136 valence electrons. The second-order valence-electron chi connectivity index (χ2n) is 5.54. The number of aliphatic hydroxyl groups excluding tert-OH is 2. The van der Waals surface area contributed by atoms with Crippen molar-refractivity contribution in [1.82, 2.24) is 24.8 Å². The Morgan fingerprint density at radius 1 is 1.36 bits per heavy atom. The Kier molecular flexibility index (Phi) is 5.22. The van der Waals surface area contributed by atoms with Crippen molar-refractivity contribution in [3.63, 3.8) is 0 Å². The topological polar surface area (TPSA) is 181 Å². The first-order chi connectivity index (χ1) is 12.0. The average Bonchev–Trinajstić information content (AvgIpc) is 3.11. The van der Waals surface area contributed by atoms with Crippen LogP contribution in [0.3, 0.4) is 0 Å². The lowest BCUT2D eigenvalue weighted by Gasteiger charge is -2.16. The van der Waals surface area contributed by atoms with Gasteiger partial charge < -0.3 is 31.7 Å². The molecule has 0 bridgehead atoms. The van der Waals surface area contributed by atoms with E-state index in [2.05, 4.69) is 20.3 Å². The zero-order valence-corrected chi connectivity index (χ0v) is 14.1. The molecule has 3 heterocycles. The van der Waals surface area contributed by atoms with E-state index in [-0.39, 0.29) is 11.8 Å². The molecule has 0 aromatic carbocycles. The number of nitrogens with zero attached hydrogens (tertiary/aromatic N) is 4. The molecule has 2 aromatic rings. The zero-order valence-electron chi connectivity index (χ0n) is 13.2. The van der Waals surface area contributed by atoms with Gasteiger partial charge in [-0.1, -0.05) is 0 Å². The fourth-order valence-corrected chi connectivity index (χ4v) is 3.53. The van der Waals surface area contributed by atoms with Crippen LogP contribution < -0.4 is 16.8 Å². The number of anilines is 1. The highest BCUT2D eigenvalue weighted by atomic mass is 32.2. The van der Waals surface area contributed by atoms with E-state index in [0.717, 1.165) is 0 Å². The van der Waals surface area contributed by atoms with E-state index in [1.165, 1.54) is 24.4 Å². The van der Waals surface area contributed by atoms with Crippen LogP contribution in [0.25, 0.3) is 11.2 Å². The molecule has 25 heavy (non-hydrogen) atoms. The average molecular weight is 368 g/mol. The first-order valence-electron chi connectivity index (χ1n) is 7.59. The van der Waals surface area contributed by atoms with E-state index >= 15 is 0 Å². The van der Waals surface area contributed by atoms with Crippen molar-refractivity contribution < 1.29 is 14.9 Å². The first-order valence-corrected chi connectivity index (χ1v) is 8.74. The quantitative estimate of drug-likeness (QED) is 0.194. The predicted octanol–water partition coefficient (Wildman–Crippen LogP) is -1.76. The second-order valence-corrected chi connectivity index (χ2v) is 6.69. The van der Waals surface area contributed by atoms with Gasteiger partial charge in [0.25, 0.3) is 0 Å². The molecule has 0 aliphatic carbocycles. The number of nitrogen functional groups attached to an aromatic ring is 1. The fraction of sp³-hybridized carbons (Fsp3) is 0.538. The van der Waals surface area contributed by atoms with Gasteiger partial charge in [-0.2, -0.15) is 11.8 Å². The maximum Gasteiger partial charge on any atom is 0.185 e. The SMILES string of the molecule is N=C(N)NCCSC[C@H]1O[C@@H](n2cnc3c(N)ncnc32)[C@H](O)[C@H]1O. The third kappa shape index (κ3) is 3.61. The summed E-state index contributed by atoms with van der Waals surface area (Å²) >= 11 is 1.52. The fourth-order valence-electron chi connectivity index (χ4n) is 2.61. The first kappa shape index (κ1) is 17.7. The molecule has 8 N–H and O–H groups in total. The van der Waals surface area contributed by atoms with E-state index < -0.39 is 24.5 Å². The monoisotopic (exact) mass is 368 g/mol. The number of hydrogen-bond acceptors (Lipinski definition) is 9. The Morgan fingerprint density at radius 2 is 2.16 bits per heavy atom. The van der Waals surface area contributed by atoms with Crippen LogP contribution in [0.2, 0.25) is 0 Å². The van der Waals surface area contributed by atoms with Crippen LogP contribution in [0.1, 0.15) is 6.23 Å². The van der Waals surface area contributed by atoms with Crippen molar-refractivity contribution in [2.45, 2.75) is 24.5 Å². The highest BCUT2D eigenvalue weighted by molar-refractivity contribution is 7.99. The molecule has 1 fully saturated rings. The van der Waals surface area contributed by atoms with Gasteiger partial charge in [-0.25, -0.2) is 15.0 Å². The van der Waals surface area contributed by atoms with Gasteiger partial charge in [0.2, 0.25) is 0 Å². The van der Waals surface area contributed by atoms with Crippen LogP contribution in [0.15, 0.2) is 12.7 Å². The number of thioether (sulfide) groups is 1. The van der Waals surface area contributed by atoms with Crippen molar-refractivity contribution in [3.05, 3.63) is 12.7 Å². The Balaban J connectivity index is 1.65. The van der Waals surface area contributed by atoms with Gasteiger partial charge in [-0.05, 0) is 0 Å². The van der Waals surface area contributed by atoms with Crippen molar-refractivity contribution in [2.75, 3.05) is 23.8 Å². The Labute approximate surface area is 147 Å². The summed E-state index contributed by atoms with van der Waals surface area (Å²) in [6, 6.07) is 0. The summed E-state index contributed by atoms with van der Waals surface area (Å²) in [7, 11) is 0. The van der Waals surface area contributed by atoms with Crippen LogP contribution in [0.4, 0.5) is 5.82 Å². The highest BCUT2D eigenvalue weighted by Gasteiger charge is 2.44. The van der Waals surface area contributed by atoms with Crippen molar-refractivity contribution in [2.24, 2.45) is 5.73 Å². The van der Waals surface area contributed by atoms with E-state index in [1.807, 2.05) is 0 Å². The van der Waals surface area contributed by atoms with Gasteiger partial charge in [-0.3, -0.25) is 9.98 Å². The minimum Gasteiger partial charge on any atom is -0.387 e. The smallest absolute Gasteiger partial charge is 0.185 e. The largest absolute Gasteiger partial charge is 0.387 e. The standard InChI is InChI=1S/C13H20N8O3S/c14-10-7-11(19-4-18-10)21(5-20-7)12-9(23)8(22)6(24-12)3-25-2-1-17-13(15)16/h4-6,8-9,12,22-23H,1-3H2,(H2,14,18,19)(H4,15,16,17)/t6-,8+,9-,12-/m1/s1. The third-order valence-corrected chi connectivity index (χ3v) is 4.90. The number of aliphatic hydroxyl groups is 2. The molecule has 0 spiro atoms. The lowest BCUT2D eigenvalue weighted by Crippen LogP contribution is -2.33. The second kappa shape index (κ2) is 7.39. The zero-order chi connectivity index (χ0) is 18.0. The van der Waals surface area contributed by atoms with E-state index in [0.29, 0.717) is 29.2 Å². The molecule has 11 nitrogen and oxygen atoms in total. The lowest BCUT2D eigenvalue weighted by molar-refractivity contribution is -0.0289. The molecule has 12 heteroatoms. The van der Waals surface area contributed by atoms with Gasteiger partial charge in [0.05, 0.1) is 12.4 Å². The van der Waals surface area contributed by atoms with Crippen LogP contribution in [-0.4, -0.2) is 72.1 Å². The van der Waals surface area contributed by atoms with Crippen LogP contribution in [0.5, 0.6) is 0 Å². The summed E-state index contributed by atoms with van der Waals surface area (Å²) in [4.78, 5) is 12.1. The normalized spacial score (nSPS) is 26.2. The maximum absolute atomic E-state index is 10.3. The number of imidazole rings is 1. The molecule has 0 radical (unpaired) electrons. The predicted molar refractivity (Wildman–Crippen MR) is 92.9 cm³/mol. The number of nitrogens with two attached hydrogens (primary N) is 2. The molecule has 2 aromatic heterocycles. The molecule has 1 aliphatic rings. The molecule has 0 saturated carbocycles. The van der Waals surface area contributed by atoms with E-state index in [1.54, 1.807) is 4.57 Å². The summed E-state index contributed by atoms with van der Waals surface area (Å²) in [5.41, 5.74) is 11.8. The number of guanidine groups is 1. The van der Waals surface area contributed by atoms with Gasteiger partial charge in [0, 0.05) is 18.1 Å². The summed E-state index contributed by atoms with van der Waals surface area (Å²) in [5.74, 6) is 1.33. The number of nitrogens with one attached hydrogen (secondary N) is 2. The number of hydrogen-bond donors (Lipinski definition) is 6. The number of rotatable bonds is 6. The van der Waals surface area contributed by atoms with E-state index in [4.69, 9.17) is 21.6 Å². The summed E-state index contributed by atoms with van der Waals surface area (Å²) < 4.78 is 7.36. The number of fused-ring (bicyclic) bond motifs is 1. The lowest BCUT2D eigenvalue weighted by atomic mass is 10.1. The third-order valence-electron chi connectivity index (χ3n) is 3.84. The van der Waals surface area contributed by atoms with Crippen LogP contribution in [0, 0.1) is 5.41 Å². The number of ether oxygens (including phenoxy) is 1. The van der Waals surface area contributed by atoms with Gasteiger partial charge >= 0.3 is 0 Å². The highest BCUT2D eigenvalue weighted by Crippen LogP contribution is 2.33. The summed E-state index contributed by atoms with van der Waals surface area (Å²) in [5, 5.41) is 30.4. The van der Waals surface area contributed by atoms with Crippen LogP contribution in [-0.2, 0) is 4.74 Å². The molecule has 4 atom stereocenters. The minimum absolute atomic E-state index is 0.0820. The molecule has 0 unspecified atom stereocenters. The Morgan fingerprint density at radius 3 is 2.92 bits per heavy atom. The molecular weight excluding hydrogens is 348 g/mol. The van der Waals surface area contributed by atoms with E-state index in [9.17, 15) is 10.2 Å². The summed E-state index contributed by atoms with van der Waals surface area (Å²) in [6.45, 7) is 0.539.